The second kappa shape index (κ2) is 8.03. The Kier molecular flexibility index (Phi) is 5.59. The highest BCUT2D eigenvalue weighted by Gasteiger charge is 2.43. The molecule has 0 spiro atoms. The molecule has 0 bridgehead atoms. The van der Waals surface area contributed by atoms with Crippen molar-refractivity contribution in [3.8, 4) is 11.5 Å². The van der Waals surface area contributed by atoms with Gasteiger partial charge in [-0.15, -0.1) is 0 Å². The molecule has 1 aliphatic carbocycles. The summed E-state index contributed by atoms with van der Waals surface area (Å²) in [4.78, 5) is 27.5. The molecular weight excluding hydrogens is 402 g/mol. The molecule has 3 heterocycles. The van der Waals surface area contributed by atoms with Crippen LogP contribution in [0.1, 0.15) is 38.8 Å². The minimum absolute atomic E-state index is 0.0977. The zero-order valence-corrected chi connectivity index (χ0v) is 18.3. The Morgan fingerprint density at radius 2 is 1.83 bits per heavy atom. The fraction of sp³-hybridized carbons (Fsp3) is 0.524. The van der Waals surface area contributed by atoms with Gasteiger partial charge in [0.2, 0.25) is 15.9 Å². The lowest BCUT2D eigenvalue weighted by Gasteiger charge is -2.34. The highest BCUT2D eigenvalue weighted by molar-refractivity contribution is 7.89. The standard InChI is InChI=1S/C21H27N5O3S/c1-14(2)19-18(13-23-20(24-19)17-6-4-5-7-22-17)30(28,29)26-10-8-25(9-11-26)21(27)16-12-15(16)3/h4-7,13-16H,8-12H2,1-3H3/t15-,16+/m1/s1. The Balaban J connectivity index is 1.56. The van der Waals surface area contributed by atoms with Gasteiger partial charge in [-0.3, -0.25) is 9.78 Å². The van der Waals surface area contributed by atoms with Crippen LogP contribution in [0.3, 0.4) is 0 Å². The molecule has 0 N–H and O–H groups in total. The van der Waals surface area contributed by atoms with Crippen LogP contribution < -0.4 is 0 Å². The predicted molar refractivity (Wildman–Crippen MR) is 112 cm³/mol. The van der Waals surface area contributed by atoms with Crippen molar-refractivity contribution in [2.24, 2.45) is 11.8 Å². The maximum Gasteiger partial charge on any atom is 0.246 e. The van der Waals surface area contributed by atoms with Gasteiger partial charge in [0.25, 0.3) is 0 Å². The van der Waals surface area contributed by atoms with E-state index in [0.717, 1.165) is 6.42 Å². The number of sulfonamides is 1. The minimum atomic E-state index is -3.75. The summed E-state index contributed by atoms with van der Waals surface area (Å²) in [5.74, 6) is 1.04. The van der Waals surface area contributed by atoms with Crippen LogP contribution in [0.5, 0.6) is 0 Å². The molecule has 2 fully saturated rings. The van der Waals surface area contributed by atoms with E-state index in [1.165, 1.54) is 10.5 Å². The third kappa shape index (κ3) is 3.96. The molecule has 2 aromatic heterocycles. The van der Waals surface area contributed by atoms with Crippen molar-refractivity contribution < 1.29 is 13.2 Å². The van der Waals surface area contributed by atoms with E-state index in [1.54, 1.807) is 23.2 Å². The summed E-state index contributed by atoms with van der Waals surface area (Å²) in [7, 11) is -3.75. The van der Waals surface area contributed by atoms with Gasteiger partial charge in [0.15, 0.2) is 5.82 Å². The van der Waals surface area contributed by atoms with Crippen molar-refractivity contribution in [1.82, 2.24) is 24.2 Å². The molecule has 0 aromatic carbocycles. The van der Waals surface area contributed by atoms with Gasteiger partial charge in [-0.25, -0.2) is 18.4 Å². The maximum atomic E-state index is 13.4. The fourth-order valence-corrected chi connectivity index (χ4v) is 5.46. The van der Waals surface area contributed by atoms with Gasteiger partial charge >= 0.3 is 0 Å². The van der Waals surface area contributed by atoms with Crippen molar-refractivity contribution >= 4 is 15.9 Å². The Hall–Kier alpha value is -2.39. The summed E-state index contributed by atoms with van der Waals surface area (Å²) >= 11 is 0. The number of carbonyl (C=O) groups excluding carboxylic acids is 1. The normalized spacial score (nSPS) is 22.3. The third-order valence-corrected chi connectivity index (χ3v) is 7.73. The number of amides is 1. The number of hydrogen-bond acceptors (Lipinski definition) is 6. The lowest BCUT2D eigenvalue weighted by Crippen LogP contribution is -2.51. The molecule has 30 heavy (non-hydrogen) atoms. The Labute approximate surface area is 177 Å². The van der Waals surface area contributed by atoms with Crippen LogP contribution in [0.2, 0.25) is 0 Å². The molecule has 160 valence electrons. The molecule has 1 saturated carbocycles. The first-order valence-electron chi connectivity index (χ1n) is 10.4. The highest BCUT2D eigenvalue weighted by atomic mass is 32.2. The van der Waals surface area contributed by atoms with Gasteiger partial charge in [-0.1, -0.05) is 26.8 Å². The van der Waals surface area contributed by atoms with Crippen molar-refractivity contribution in [3.63, 3.8) is 0 Å². The first-order valence-corrected chi connectivity index (χ1v) is 11.8. The fourth-order valence-electron chi connectivity index (χ4n) is 3.80. The highest BCUT2D eigenvalue weighted by Crippen LogP contribution is 2.39. The monoisotopic (exact) mass is 429 g/mol. The topological polar surface area (TPSA) is 96.4 Å². The van der Waals surface area contributed by atoms with Crippen LogP contribution in [0.25, 0.3) is 11.5 Å². The number of piperazine rings is 1. The molecule has 1 aliphatic heterocycles. The molecule has 0 unspecified atom stereocenters. The van der Waals surface area contributed by atoms with Crippen molar-refractivity contribution in [3.05, 3.63) is 36.3 Å². The van der Waals surface area contributed by atoms with E-state index in [2.05, 4.69) is 21.9 Å². The Morgan fingerprint density at radius 1 is 1.13 bits per heavy atom. The molecular formula is C21H27N5O3S. The third-order valence-electron chi connectivity index (χ3n) is 5.82. The van der Waals surface area contributed by atoms with Gasteiger partial charge in [-0.05, 0) is 30.4 Å². The van der Waals surface area contributed by atoms with E-state index < -0.39 is 10.0 Å². The van der Waals surface area contributed by atoms with Gasteiger partial charge in [0.05, 0.1) is 11.9 Å². The van der Waals surface area contributed by atoms with E-state index >= 15 is 0 Å². The minimum Gasteiger partial charge on any atom is -0.340 e. The molecule has 2 aromatic rings. The first kappa shape index (κ1) is 20.9. The second-order valence-corrected chi connectivity index (χ2v) is 10.3. The number of hydrogen-bond donors (Lipinski definition) is 0. The first-order chi connectivity index (χ1) is 14.3. The summed E-state index contributed by atoms with van der Waals surface area (Å²) in [6.45, 7) is 7.32. The number of pyridine rings is 1. The summed E-state index contributed by atoms with van der Waals surface area (Å²) < 4.78 is 28.2. The number of aromatic nitrogens is 3. The average Bonchev–Trinajstić information content (AvgIpc) is 3.50. The molecule has 1 saturated heterocycles. The quantitative estimate of drug-likeness (QED) is 0.723. The summed E-state index contributed by atoms with van der Waals surface area (Å²) in [5.41, 5.74) is 1.08. The zero-order chi connectivity index (χ0) is 21.5. The van der Waals surface area contributed by atoms with E-state index in [-0.39, 0.29) is 35.7 Å². The van der Waals surface area contributed by atoms with Crippen LogP contribution in [-0.2, 0) is 14.8 Å². The second-order valence-electron chi connectivity index (χ2n) is 8.36. The van der Waals surface area contributed by atoms with E-state index in [0.29, 0.717) is 36.2 Å². The van der Waals surface area contributed by atoms with Gasteiger partial charge in [0, 0.05) is 38.3 Å². The summed E-state index contributed by atoms with van der Waals surface area (Å²) in [5, 5.41) is 0. The zero-order valence-electron chi connectivity index (χ0n) is 17.5. The molecule has 2 aliphatic rings. The summed E-state index contributed by atoms with van der Waals surface area (Å²) in [6.07, 6.45) is 3.99. The van der Waals surface area contributed by atoms with E-state index in [9.17, 15) is 13.2 Å². The Morgan fingerprint density at radius 3 is 2.40 bits per heavy atom. The molecule has 1 amide bonds. The molecule has 2 atom stereocenters. The van der Waals surface area contributed by atoms with Gasteiger partial charge in [-0.2, -0.15) is 4.31 Å². The lowest BCUT2D eigenvalue weighted by atomic mass is 10.1. The lowest BCUT2D eigenvalue weighted by molar-refractivity contribution is -0.134. The molecule has 4 rings (SSSR count). The van der Waals surface area contributed by atoms with Crippen LogP contribution in [0.15, 0.2) is 35.5 Å². The van der Waals surface area contributed by atoms with Crippen LogP contribution in [0.4, 0.5) is 0 Å². The van der Waals surface area contributed by atoms with Crippen molar-refractivity contribution in [1.29, 1.82) is 0 Å². The van der Waals surface area contributed by atoms with Crippen molar-refractivity contribution in [2.75, 3.05) is 26.2 Å². The van der Waals surface area contributed by atoms with Crippen LogP contribution in [-0.4, -0.2) is 64.7 Å². The number of carbonyl (C=O) groups is 1. The van der Waals surface area contributed by atoms with Crippen LogP contribution >= 0.6 is 0 Å². The largest absolute Gasteiger partial charge is 0.340 e. The predicted octanol–water partition coefficient (Wildman–Crippen LogP) is 2.15. The van der Waals surface area contributed by atoms with Crippen LogP contribution in [0, 0.1) is 11.8 Å². The maximum absolute atomic E-state index is 13.4. The molecule has 8 nitrogen and oxygen atoms in total. The van der Waals surface area contributed by atoms with Crippen molar-refractivity contribution in [2.45, 2.75) is 38.0 Å². The smallest absolute Gasteiger partial charge is 0.246 e. The average molecular weight is 430 g/mol. The number of rotatable bonds is 5. The molecule has 0 radical (unpaired) electrons. The Bertz CT molecular complexity index is 1030. The van der Waals surface area contributed by atoms with Gasteiger partial charge < -0.3 is 4.90 Å². The van der Waals surface area contributed by atoms with E-state index in [1.807, 2.05) is 19.9 Å². The van der Waals surface area contributed by atoms with Gasteiger partial charge in [0.1, 0.15) is 10.6 Å². The SMILES string of the molecule is CC(C)c1nc(-c2ccccn2)ncc1S(=O)(=O)N1CCN(C(=O)[C@H]2C[C@H]2C)CC1. The molecule has 9 heteroatoms. The van der Waals surface area contributed by atoms with E-state index in [4.69, 9.17) is 0 Å². The summed E-state index contributed by atoms with van der Waals surface area (Å²) in [6, 6.07) is 5.44. The number of nitrogens with zero attached hydrogens (tertiary/aromatic N) is 5.